The van der Waals surface area contributed by atoms with Gasteiger partial charge in [0.1, 0.15) is 18.5 Å². The summed E-state index contributed by atoms with van der Waals surface area (Å²) in [6, 6.07) is 2.60. The first-order valence-electron chi connectivity index (χ1n) is 13.4. The van der Waals surface area contributed by atoms with Gasteiger partial charge in [-0.3, -0.25) is 5.41 Å². The number of fused-ring (bicyclic) bond motifs is 2. The Morgan fingerprint density at radius 1 is 1.24 bits per heavy atom. The van der Waals surface area contributed by atoms with E-state index in [2.05, 4.69) is 15.0 Å². The minimum Gasteiger partial charge on any atom is -0.474 e. The van der Waals surface area contributed by atoms with Crippen molar-refractivity contribution in [1.82, 2.24) is 19.9 Å². The summed E-state index contributed by atoms with van der Waals surface area (Å²) in [6.45, 7) is 2.17. The van der Waals surface area contributed by atoms with Gasteiger partial charge in [-0.25, -0.2) is 15.0 Å². The lowest BCUT2D eigenvalue weighted by molar-refractivity contribution is -0.142. The van der Waals surface area contributed by atoms with Crippen molar-refractivity contribution in [1.29, 1.82) is 5.41 Å². The molecular weight excluding hydrogens is 485 g/mol. The van der Waals surface area contributed by atoms with Gasteiger partial charge < -0.3 is 19.3 Å². The molecule has 0 amide bonds. The van der Waals surface area contributed by atoms with E-state index in [4.69, 9.17) is 16.3 Å². The molecule has 1 aliphatic heterocycles. The highest BCUT2D eigenvalue weighted by Crippen LogP contribution is 2.57. The van der Waals surface area contributed by atoms with E-state index >= 15 is 0 Å². The first-order chi connectivity index (χ1) is 18.0. The fraction of sp³-hybridized carbons (Fsp3) is 0.615. The highest BCUT2D eigenvalue weighted by molar-refractivity contribution is 5.71. The third-order valence-corrected chi connectivity index (χ3v) is 7.30. The monoisotopic (exact) mass is 519 g/mol. The largest absolute Gasteiger partial charge is 0.474 e. The molecule has 0 radical (unpaired) electrons. The third kappa shape index (κ3) is 5.75. The maximum atomic E-state index is 13.0. The van der Waals surface area contributed by atoms with Gasteiger partial charge in [0.25, 0.3) is 6.02 Å². The third-order valence-electron chi connectivity index (χ3n) is 7.30. The van der Waals surface area contributed by atoms with Gasteiger partial charge >= 0.3 is 6.18 Å². The van der Waals surface area contributed by atoms with Crippen molar-refractivity contribution >= 4 is 17.5 Å². The van der Waals surface area contributed by atoms with E-state index in [0.29, 0.717) is 18.2 Å². The predicted molar refractivity (Wildman–Crippen MR) is 132 cm³/mol. The highest BCUT2D eigenvalue weighted by Gasteiger charge is 2.53. The molecule has 3 heterocycles. The van der Waals surface area contributed by atoms with Crippen LogP contribution in [-0.2, 0) is 16.8 Å². The molecule has 0 atom stereocenters. The Morgan fingerprint density at radius 3 is 2.62 bits per heavy atom. The average Bonchev–Trinajstić information content (AvgIpc) is 3.56. The number of amidine groups is 1. The summed E-state index contributed by atoms with van der Waals surface area (Å²) >= 11 is 0. The number of alkyl halides is 3. The second-order valence-corrected chi connectivity index (χ2v) is 10.5. The van der Waals surface area contributed by atoms with E-state index in [0.717, 1.165) is 41.8 Å². The summed E-state index contributed by atoms with van der Waals surface area (Å²) in [6.07, 6.45) is 5.12. The molecule has 1 spiro atoms. The zero-order valence-corrected chi connectivity index (χ0v) is 21.1. The van der Waals surface area contributed by atoms with Gasteiger partial charge in [0.2, 0.25) is 5.88 Å². The summed E-state index contributed by atoms with van der Waals surface area (Å²) in [4.78, 5) is 16.3. The van der Waals surface area contributed by atoms with Gasteiger partial charge in [-0.2, -0.15) is 13.2 Å². The molecule has 0 bridgehead atoms. The number of nitrogens with zero attached hydrogens (tertiary/aromatic N) is 5. The summed E-state index contributed by atoms with van der Waals surface area (Å²) < 4.78 is 58.9. The lowest BCUT2D eigenvalue weighted by atomic mass is 9.98. The van der Waals surface area contributed by atoms with Crippen molar-refractivity contribution in [3.05, 3.63) is 35.9 Å². The van der Waals surface area contributed by atoms with Crippen LogP contribution in [0.15, 0.2) is 24.5 Å². The van der Waals surface area contributed by atoms with Crippen molar-refractivity contribution in [2.75, 3.05) is 18.0 Å². The Balaban J connectivity index is 1.32. The van der Waals surface area contributed by atoms with Crippen LogP contribution in [0.3, 0.4) is 0 Å². The van der Waals surface area contributed by atoms with Gasteiger partial charge in [-0.1, -0.05) is 6.42 Å². The van der Waals surface area contributed by atoms with Crippen LogP contribution in [0.2, 0.25) is 0 Å². The summed E-state index contributed by atoms with van der Waals surface area (Å²) in [5.74, 6) is 1.32. The molecule has 2 aromatic rings. The van der Waals surface area contributed by atoms with Crippen LogP contribution in [0.4, 0.5) is 24.7 Å². The maximum absolute atomic E-state index is 13.0. The molecule has 3 aliphatic rings. The first-order valence-corrected chi connectivity index (χ1v) is 12.9. The molecule has 0 unspecified atom stereocenters. The van der Waals surface area contributed by atoms with E-state index in [1.165, 1.54) is 19.3 Å². The Kier molecular flexibility index (Phi) is 6.54. The molecule has 0 aromatic carbocycles. The molecule has 1 N–H and O–H groups in total. The van der Waals surface area contributed by atoms with Gasteiger partial charge in [-0.05, 0) is 58.4 Å². The number of aromatic nitrogens is 3. The number of rotatable bonds is 7. The molecule has 8 nitrogen and oxygen atoms in total. The minimum atomic E-state index is -4.47. The predicted octanol–water partition coefficient (Wildman–Crippen LogP) is 5.49. The van der Waals surface area contributed by atoms with E-state index < -0.39 is 24.8 Å². The minimum absolute atomic E-state index is 0.0846. The zero-order chi connectivity index (χ0) is 27.1. The SMILES string of the molecule is [2H]c1nc(COC(=N)N(CC(F)(F)F)C(C)C)nc2c1C1(CC1)CN2c1ccc(OC2CCCCC2)nc1. The van der Waals surface area contributed by atoms with Gasteiger partial charge in [0.15, 0.2) is 12.4 Å². The number of nitrogens with one attached hydrogen (secondary N) is 1. The topological polar surface area (TPSA) is 87.5 Å². The van der Waals surface area contributed by atoms with Crippen molar-refractivity contribution < 1.29 is 24.0 Å². The second kappa shape index (κ2) is 9.98. The molecule has 0 saturated heterocycles. The van der Waals surface area contributed by atoms with Gasteiger partial charge in [0.05, 0.1) is 13.3 Å². The normalized spacial score (nSPS) is 19.1. The fourth-order valence-corrected chi connectivity index (χ4v) is 5.07. The molecule has 200 valence electrons. The van der Waals surface area contributed by atoms with Crippen LogP contribution in [0, 0.1) is 5.41 Å². The molecule has 2 aromatic heterocycles. The molecule has 2 saturated carbocycles. The smallest absolute Gasteiger partial charge is 0.406 e. The number of ether oxygens (including phenoxy) is 2. The number of hydrogen-bond acceptors (Lipinski definition) is 7. The average molecular weight is 520 g/mol. The maximum Gasteiger partial charge on any atom is 0.406 e. The standard InChI is InChI=1S/C26H33F3N6O2/c1-17(2)34(16-26(27,28)29)24(30)36-14-21-31-13-20-23(33-21)35(15-25(20)10-11-25)18-8-9-22(32-12-18)37-19-6-4-3-5-7-19/h8-9,12-13,17,19,30H,3-7,10-11,14-16H2,1-2H3/i13D. The van der Waals surface area contributed by atoms with Crippen LogP contribution in [0.1, 0.15) is 71.6 Å². The van der Waals surface area contributed by atoms with E-state index in [-0.39, 0.29) is 30.1 Å². The van der Waals surface area contributed by atoms with E-state index in [9.17, 15) is 13.2 Å². The van der Waals surface area contributed by atoms with Gasteiger partial charge in [0, 0.05) is 35.8 Å². The molecule has 11 heteroatoms. The quantitative estimate of drug-likeness (QED) is 0.382. The van der Waals surface area contributed by atoms with Crippen molar-refractivity contribution in [2.45, 2.75) is 89.1 Å². The highest BCUT2D eigenvalue weighted by atomic mass is 19.4. The van der Waals surface area contributed by atoms with Crippen LogP contribution in [-0.4, -0.2) is 57.3 Å². The number of pyridine rings is 1. The fourth-order valence-electron chi connectivity index (χ4n) is 5.07. The lowest BCUT2D eigenvalue weighted by Gasteiger charge is -2.29. The molecule has 5 rings (SSSR count). The van der Waals surface area contributed by atoms with Crippen LogP contribution >= 0.6 is 0 Å². The molecular formula is C26H33F3N6O2. The molecule has 2 fully saturated rings. The van der Waals surface area contributed by atoms with Crippen molar-refractivity contribution in [3.8, 4) is 5.88 Å². The summed E-state index contributed by atoms with van der Waals surface area (Å²) in [5, 5.41) is 8.04. The van der Waals surface area contributed by atoms with E-state index in [1.807, 2.05) is 17.0 Å². The second-order valence-electron chi connectivity index (χ2n) is 10.5. The molecule has 2 aliphatic carbocycles. The number of halogens is 3. The zero-order valence-electron chi connectivity index (χ0n) is 22.1. The lowest BCUT2D eigenvalue weighted by Crippen LogP contribution is -2.43. The number of anilines is 2. The number of hydrogen-bond donors (Lipinski definition) is 1. The Bertz CT molecular complexity index is 1170. The Labute approximate surface area is 216 Å². The van der Waals surface area contributed by atoms with Crippen molar-refractivity contribution in [3.63, 3.8) is 0 Å². The Hall–Kier alpha value is -3.11. The van der Waals surface area contributed by atoms with E-state index in [1.54, 1.807) is 20.0 Å². The summed E-state index contributed by atoms with van der Waals surface area (Å²) in [7, 11) is 0. The first kappa shape index (κ1) is 24.2. The van der Waals surface area contributed by atoms with Crippen LogP contribution in [0.5, 0.6) is 5.88 Å². The van der Waals surface area contributed by atoms with Crippen LogP contribution in [0.25, 0.3) is 0 Å². The van der Waals surface area contributed by atoms with Crippen molar-refractivity contribution in [2.24, 2.45) is 0 Å². The Morgan fingerprint density at radius 2 is 2.00 bits per heavy atom. The van der Waals surface area contributed by atoms with Crippen LogP contribution < -0.4 is 9.64 Å². The van der Waals surface area contributed by atoms with Gasteiger partial charge in [-0.15, -0.1) is 0 Å². The summed E-state index contributed by atoms with van der Waals surface area (Å²) in [5.41, 5.74) is 1.43. The molecule has 37 heavy (non-hydrogen) atoms.